The van der Waals surface area contributed by atoms with Crippen molar-refractivity contribution < 1.29 is 19.1 Å². The quantitative estimate of drug-likeness (QED) is 0.534. The molecule has 7 heteroatoms. The third kappa shape index (κ3) is 7.11. The monoisotopic (exact) mass is 406 g/mol. The average molecular weight is 407 g/mol. The molecule has 0 radical (unpaired) electrons. The number of hydrogen-bond acceptors (Lipinski definition) is 5. The number of ether oxygens (including phenoxy) is 2. The van der Waals surface area contributed by atoms with Crippen LogP contribution in [0.4, 0.5) is 5.69 Å². The zero-order chi connectivity index (χ0) is 20.7. The van der Waals surface area contributed by atoms with Crippen molar-refractivity contribution in [2.75, 3.05) is 5.32 Å². The smallest absolute Gasteiger partial charge is 0.338 e. The minimum absolute atomic E-state index is 0.260. The number of thiocarbonyl (C=S) groups is 1. The molecule has 0 spiro atoms. The highest BCUT2D eigenvalue weighted by atomic mass is 32.1. The van der Waals surface area contributed by atoms with Crippen molar-refractivity contribution in [1.82, 2.24) is 5.32 Å². The summed E-state index contributed by atoms with van der Waals surface area (Å²) in [5.74, 6) is -0.994. The molecule has 1 aromatic carbocycles. The maximum atomic E-state index is 12.4. The Balaban J connectivity index is 2.19. The number of anilines is 1. The highest BCUT2D eigenvalue weighted by Crippen LogP contribution is 2.20. The van der Waals surface area contributed by atoms with E-state index in [0.29, 0.717) is 16.8 Å². The van der Waals surface area contributed by atoms with Crippen LogP contribution in [-0.2, 0) is 9.47 Å². The summed E-state index contributed by atoms with van der Waals surface area (Å²) in [5, 5.41) is 6.88. The van der Waals surface area contributed by atoms with Crippen LogP contribution >= 0.6 is 12.2 Å². The van der Waals surface area contributed by atoms with Crippen LogP contribution < -0.4 is 10.6 Å². The number of benzene rings is 1. The topological polar surface area (TPSA) is 76.7 Å². The normalized spacial score (nSPS) is 14.6. The number of carbonyl (C=O) groups excluding carboxylic acids is 2. The molecule has 1 aliphatic rings. The van der Waals surface area contributed by atoms with Crippen LogP contribution in [0.1, 0.15) is 80.5 Å². The van der Waals surface area contributed by atoms with Gasteiger partial charge in [0.2, 0.25) is 0 Å². The van der Waals surface area contributed by atoms with E-state index in [2.05, 4.69) is 10.6 Å². The van der Waals surface area contributed by atoms with E-state index in [9.17, 15) is 9.59 Å². The van der Waals surface area contributed by atoms with Gasteiger partial charge in [0.15, 0.2) is 5.11 Å². The first-order chi connectivity index (χ1) is 13.2. The van der Waals surface area contributed by atoms with Gasteiger partial charge < -0.3 is 20.1 Å². The number of esters is 2. The first-order valence-electron chi connectivity index (χ1n) is 9.89. The molecule has 28 heavy (non-hydrogen) atoms. The Labute approximate surface area is 172 Å². The lowest BCUT2D eigenvalue weighted by Crippen LogP contribution is -2.38. The van der Waals surface area contributed by atoms with Gasteiger partial charge in [-0.05, 0) is 71.0 Å². The molecule has 0 saturated heterocycles. The van der Waals surface area contributed by atoms with E-state index >= 15 is 0 Å². The summed E-state index contributed by atoms with van der Waals surface area (Å²) in [7, 11) is 0. The molecule has 1 aromatic rings. The minimum Gasteiger partial charge on any atom is -0.459 e. The molecule has 2 rings (SSSR count). The lowest BCUT2D eigenvalue weighted by atomic mass is 9.96. The Morgan fingerprint density at radius 2 is 1.43 bits per heavy atom. The van der Waals surface area contributed by atoms with Gasteiger partial charge in [0, 0.05) is 11.7 Å². The van der Waals surface area contributed by atoms with Gasteiger partial charge in [-0.1, -0.05) is 19.3 Å². The molecular formula is C21H30N2O4S. The molecule has 6 nitrogen and oxygen atoms in total. The standard InChI is InChI=1S/C21H30N2O4S/c1-13(2)26-19(24)15-10-16(20(25)27-14(3)4)12-18(11-15)23-21(28)22-17-8-6-5-7-9-17/h10-14,17H,5-9H2,1-4H3,(H2,22,23,28). The SMILES string of the molecule is CC(C)OC(=O)c1cc(NC(=S)NC2CCCCC2)cc(C(=O)OC(C)C)c1. The summed E-state index contributed by atoms with van der Waals surface area (Å²) in [6.45, 7) is 7.10. The summed E-state index contributed by atoms with van der Waals surface area (Å²) in [6.07, 6.45) is 5.32. The molecule has 0 heterocycles. The average Bonchev–Trinajstić information content (AvgIpc) is 2.61. The van der Waals surface area contributed by atoms with Gasteiger partial charge in [-0.2, -0.15) is 0 Å². The van der Waals surface area contributed by atoms with Gasteiger partial charge in [-0.3, -0.25) is 0 Å². The fourth-order valence-electron chi connectivity index (χ4n) is 3.10. The number of hydrogen-bond donors (Lipinski definition) is 2. The van der Waals surface area contributed by atoms with Crippen LogP contribution in [0.2, 0.25) is 0 Å². The van der Waals surface area contributed by atoms with Crippen LogP contribution in [0, 0.1) is 0 Å². The van der Waals surface area contributed by atoms with E-state index in [1.54, 1.807) is 39.8 Å². The third-order valence-corrected chi connectivity index (χ3v) is 4.51. The molecule has 1 fully saturated rings. The van der Waals surface area contributed by atoms with Crippen molar-refractivity contribution in [2.24, 2.45) is 0 Å². The fourth-order valence-corrected chi connectivity index (χ4v) is 3.38. The highest BCUT2D eigenvalue weighted by Gasteiger charge is 2.18. The van der Waals surface area contributed by atoms with Gasteiger partial charge in [0.05, 0.1) is 23.3 Å². The summed E-state index contributed by atoms with van der Waals surface area (Å²) in [6, 6.07) is 5.10. The molecule has 0 atom stereocenters. The Kier molecular flexibility index (Phi) is 8.23. The molecule has 0 amide bonds. The molecule has 0 aliphatic heterocycles. The van der Waals surface area contributed by atoms with E-state index in [4.69, 9.17) is 21.7 Å². The van der Waals surface area contributed by atoms with Crippen molar-refractivity contribution in [3.8, 4) is 0 Å². The maximum absolute atomic E-state index is 12.4. The molecule has 1 aliphatic carbocycles. The number of carbonyl (C=O) groups is 2. The van der Waals surface area contributed by atoms with Crippen molar-refractivity contribution in [2.45, 2.75) is 78.0 Å². The summed E-state index contributed by atoms with van der Waals surface area (Å²) >= 11 is 5.42. The molecule has 154 valence electrons. The second-order valence-corrected chi connectivity index (χ2v) is 8.05. The predicted octanol–water partition coefficient (Wildman–Crippen LogP) is 4.44. The lowest BCUT2D eigenvalue weighted by molar-refractivity contribution is 0.0377. The Hall–Kier alpha value is -2.15. The van der Waals surface area contributed by atoms with Crippen molar-refractivity contribution >= 4 is 35.0 Å². The van der Waals surface area contributed by atoms with E-state index in [1.165, 1.54) is 25.3 Å². The van der Waals surface area contributed by atoms with Crippen LogP contribution in [0.3, 0.4) is 0 Å². The van der Waals surface area contributed by atoms with Gasteiger partial charge in [0.25, 0.3) is 0 Å². The van der Waals surface area contributed by atoms with Gasteiger partial charge >= 0.3 is 11.9 Å². The largest absolute Gasteiger partial charge is 0.459 e. The first-order valence-corrected chi connectivity index (χ1v) is 10.3. The van der Waals surface area contributed by atoms with Crippen LogP contribution in [0.5, 0.6) is 0 Å². The van der Waals surface area contributed by atoms with Crippen LogP contribution in [0.25, 0.3) is 0 Å². The maximum Gasteiger partial charge on any atom is 0.338 e. The second kappa shape index (κ2) is 10.4. The van der Waals surface area contributed by atoms with Gasteiger partial charge in [0.1, 0.15) is 0 Å². The molecule has 0 aromatic heterocycles. The summed E-state index contributed by atoms with van der Waals surface area (Å²) in [5.41, 5.74) is 1.09. The summed E-state index contributed by atoms with van der Waals surface area (Å²) in [4.78, 5) is 24.7. The van der Waals surface area contributed by atoms with Crippen molar-refractivity contribution in [1.29, 1.82) is 0 Å². The summed E-state index contributed by atoms with van der Waals surface area (Å²) < 4.78 is 10.5. The second-order valence-electron chi connectivity index (χ2n) is 7.64. The highest BCUT2D eigenvalue weighted by molar-refractivity contribution is 7.80. The first kappa shape index (κ1) is 22.1. The van der Waals surface area contributed by atoms with Crippen molar-refractivity contribution in [3.05, 3.63) is 29.3 Å². The van der Waals surface area contributed by atoms with Gasteiger partial charge in [-0.15, -0.1) is 0 Å². The molecule has 2 N–H and O–H groups in total. The number of nitrogens with one attached hydrogen (secondary N) is 2. The third-order valence-electron chi connectivity index (χ3n) is 4.29. The zero-order valence-electron chi connectivity index (χ0n) is 17.0. The van der Waals surface area contributed by atoms with E-state index in [1.807, 2.05) is 0 Å². The molecular weight excluding hydrogens is 376 g/mol. The Bertz CT molecular complexity index is 672. The van der Waals surface area contributed by atoms with E-state index < -0.39 is 11.9 Å². The van der Waals surface area contributed by atoms with Crippen LogP contribution in [-0.4, -0.2) is 35.3 Å². The van der Waals surface area contributed by atoms with Gasteiger partial charge in [-0.25, -0.2) is 9.59 Å². The molecule has 0 unspecified atom stereocenters. The van der Waals surface area contributed by atoms with E-state index in [-0.39, 0.29) is 23.3 Å². The lowest BCUT2D eigenvalue weighted by Gasteiger charge is -2.24. The van der Waals surface area contributed by atoms with Crippen molar-refractivity contribution in [3.63, 3.8) is 0 Å². The van der Waals surface area contributed by atoms with E-state index in [0.717, 1.165) is 12.8 Å². The molecule has 0 bridgehead atoms. The zero-order valence-corrected chi connectivity index (χ0v) is 17.9. The Morgan fingerprint density at radius 1 is 0.929 bits per heavy atom. The number of rotatable bonds is 6. The fraction of sp³-hybridized carbons (Fsp3) is 0.571. The Morgan fingerprint density at radius 3 is 1.89 bits per heavy atom. The van der Waals surface area contributed by atoms with Crippen LogP contribution in [0.15, 0.2) is 18.2 Å². The molecule has 1 saturated carbocycles. The minimum atomic E-state index is -0.497. The predicted molar refractivity (Wildman–Crippen MR) is 114 cm³/mol.